The van der Waals surface area contributed by atoms with E-state index in [1.54, 1.807) is 0 Å². The van der Waals surface area contributed by atoms with Crippen molar-refractivity contribution in [2.24, 2.45) is 40.4 Å². The maximum absolute atomic E-state index is 13.5. The fourth-order valence-corrected chi connectivity index (χ4v) is 8.18. The molecular weight excluding hydrogens is 336 g/mol. The quantitative estimate of drug-likeness (QED) is 0.605. The molecule has 0 saturated heterocycles. The van der Waals surface area contributed by atoms with E-state index in [-0.39, 0.29) is 11.4 Å². The van der Waals surface area contributed by atoms with E-state index in [2.05, 4.69) is 13.8 Å². The van der Waals surface area contributed by atoms with Gasteiger partial charge < -0.3 is 4.74 Å². The maximum atomic E-state index is 13.5. The summed E-state index contributed by atoms with van der Waals surface area (Å²) in [5.74, 6) is 3.76. The van der Waals surface area contributed by atoms with Gasteiger partial charge in [0.1, 0.15) is 5.78 Å². The molecule has 4 rings (SSSR count). The summed E-state index contributed by atoms with van der Waals surface area (Å²) in [5.41, 5.74) is 0.288. The lowest BCUT2D eigenvalue weighted by molar-refractivity contribution is -0.156. The molecule has 0 heterocycles. The summed E-state index contributed by atoms with van der Waals surface area (Å²) in [6, 6.07) is 0. The Hall–Kier alpha value is -0.860. The van der Waals surface area contributed by atoms with E-state index in [1.807, 2.05) is 0 Å². The van der Waals surface area contributed by atoms with Crippen LogP contribution in [0.5, 0.6) is 0 Å². The van der Waals surface area contributed by atoms with Crippen LogP contribution in [0.25, 0.3) is 0 Å². The molecule has 5 unspecified atom stereocenters. The molecular formula is C24H38O3. The molecule has 0 radical (unpaired) electrons. The number of rotatable bonds is 4. The summed E-state index contributed by atoms with van der Waals surface area (Å²) in [7, 11) is 1.46. The van der Waals surface area contributed by atoms with Gasteiger partial charge in [0.25, 0.3) is 0 Å². The maximum Gasteiger partial charge on any atom is 0.305 e. The number of ether oxygens (including phenoxy) is 1. The average molecular weight is 375 g/mol. The number of hydrogen-bond acceptors (Lipinski definition) is 3. The van der Waals surface area contributed by atoms with Crippen molar-refractivity contribution >= 4 is 11.8 Å². The first-order valence-electron chi connectivity index (χ1n) is 11.5. The van der Waals surface area contributed by atoms with E-state index >= 15 is 0 Å². The zero-order chi connectivity index (χ0) is 19.2. The molecule has 0 aromatic carbocycles. The molecule has 0 spiro atoms. The number of methoxy groups -OCH3 is 1. The Balaban J connectivity index is 1.51. The van der Waals surface area contributed by atoms with Gasteiger partial charge in [-0.1, -0.05) is 26.7 Å². The Morgan fingerprint density at radius 3 is 2.67 bits per heavy atom. The molecule has 0 N–H and O–H groups in total. The highest BCUT2D eigenvalue weighted by atomic mass is 16.5. The average Bonchev–Trinajstić information content (AvgIpc) is 3.00. The van der Waals surface area contributed by atoms with E-state index in [0.717, 1.165) is 31.1 Å². The highest BCUT2D eigenvalue weighted by Crippen LogP contribution is 2.66. The number of Topliss-reactive ketones (excluding diaryl/α,β-unsaturated/α-hetero) is 1. The normalized spacial score (nSPS) is 46.3. The molecule has 3 nitrogen and oxygen atoms in total. The van der Waals surface area contributed by atoms with Crippen molar-refractivity contribution in [2.45, 2.75) is 90.9 Å². The van der Waals surface area contributed by atoms with Gasteiger partial charge in [-0.2, -0.15) is 0 Å². The molecule has 0 aromatic heterocycles. The van der Waals surface area contributed by atoms with Crippen molar-refractivity contribution < 1.29 is 14.3 Å². The van der Waals surface area contributed by atoms with Crippen molar-refractivity contribution in [1.82, 2.24) is 0 Å². The lowest BCUT2D eigenvalue weighted by Gasteiger charge is -2.59. The lowest BCUT2D eigenvalue weighted by Crippen LogP contribution is -2.56. The molecule has 4 aliphatic carbocycles. The van der Waals surface area contributed by atoms with Crippen LogP contribution in [0.15, 0.2) is 0 Å². The third-order valence-electron chi connectivity index (χ3n) is 9.79. The van der Waals surface area contributed by atoms with Crippen LogP contribution in [0.3, 0.4) is 0 Å². The zero-order valence-electron chi connectivity index (χ0n) is 17.6. The third-order valence-corrected chi connectivity index (χ3v) is 9.79. The van der Waals surface area contributed by atoms with Gasteiger partial charge in [-0.25, -0.2) is 0 Å². The van der Waals surface area contributed by atoms with Crippen molar-refractivity contribution in [3.05, 3.63) is 0 Å². The van der Waals surface area contributed by atoms with Crippen LogP contribution >= 0.6 is 0 Å². The van der Waals surface area contributed by atoms with Crippen LogP contribution in [-0.2, 0) is 14.3 Å². The molecule has 27 heavy (non-hydrogen) atoms. The number of hydrogen-bond donors (Lipinski definition) is 0. The Morgan fingerprint density at radius 2 is 1.89 bits per heavy atom. The molecule has 7 atom stereocenters. The van der Waals surface area contributed by atoms with E-state index < -0.39 is 0 Å². The van der Waals surface area contributed by atoms with Crippen LogP contribution in [0.4, 0.5) is 0 Å². The summed E-state index contributed by atoms with van der Waals surface area (Å²) in [4.78, 5) is 25.0. The largest absolute Gasteiger partial charge is 0.469 e. The van der Waals surface area contributed by atoms with Gasteiger partial charge >= 0.3 is 5.97 Å². The Bertz CT molecular complexity index is 598. The standard InChI is InChI=1S/C24H38O3/c1-23-14-5-4-7-16(23)10-12-18-19-13-11-17(8-6-9-22(26)27-3)24(19,2)21(25)15-20(18)23/h16-20H,4-15H2,1-3H3/t16-,17?,18?,19?,20?,23-,24?/m0/s1. The van der Waals surface area contributed by atoms with E-state index in [0.29, 0.717) is 35.4 Å². The fourth-order valence-electron chi connectivity index (χ4n) is 8.18. The Labute approximate surface area is 165 Å². The first-order chi connectivity index (χ1) is 12.9. The van der Waals surface area contributed by atoms with Gasteiger partial charge in [-0.15, -0.1) is 0 Å². The van der Waals surface area contributed by atoms with Crippen molar-refractivity contribution in [3.8, 4) is 0 Å². The minimum absolute atomic E-state index is 0.117. The predicted molar refractivity (Wildman–Crippen MR) is 106 cm³/mol. The summed E-state index contributed by atoms with van der Waals surface area (Å²) in [6.07, 6.45) is 13.8. The van der Waals surface area contributed by atoms with E-state index in [1.165, 1.54) is 58.5 Å². The van der Waals surface area contributed by atoms with Gasteiger partial charge in [-0.3, -0.25) is 9.59 Å². The first-order valence-corrected chi connectivity index (χ1v) is 11.5. The van der Waals surface area contributed by atoms with Gasteiger partial charge in [0, 0.05) is 18.3 Å². The second kappa shape index (κ2) is 7.19. The summed E-state index contributed by atoms with van der Waals surface area (Å²) >= 11 is 0. The molecule has 4 fully saturated rings. The van der Waals surface area contributed by atoms with Crippen LogP contribution in [0, 0.1) is 40.4 Å². The van der Waals surface area contributed by atoms with Gasteiger partial charge in [0.15, 0.2) is 0 Å². The smallest absolute Gasteiger partial charge is 0.305 e. The minimum atomic E-state index is -0.130. The van der Waals surface area contributed by atoms with Crippen LogP contribution in [-0.4, -0.2) is 18.9 Å². The van der Waals surface area contributed by atoms with Crippen LogP contribution < -0.4 is 0 Å². The van der Waals surface area contributed by atoms with Gasteiger partial charge in [0.2, 0.25) is 0 Å². The highest BCUT2D eigenvalue weighted by Gasteiger charge is 2.62. The second-order valence-corrected chi connectivity index (χ2v) is 10.6. The Morgan fingerprint density at radius 1 is 1.07 bits per heavy atom. The highest BCUT2D eigenvalue weighted by molar-refractivity contribution is 5.87. The van der Waals surface area contributed by atoms with Crippen molar-refractivity contribution in [2.75, 3.05) is 7.11 Å². The minimum Gasteiger partial charge on any atom is -0.469 e. The van der Waals surface area contributed by atoms with Crippen molar-refractivity contribution in [3.63, 3.8) is 0 Å². The molecule has 0 amide bonds. The van der Waals surface area contributed by atoms with Crippen LogP contribution in [0.2, 0.25) is 0 Å². The van der Waals surface area contributed by atoms with E-state index in [9.17, 15) is 9.59 Å². The van der Waals surface area contributed by atoms with Crippen LogP contribution in [0.1, 0.15) is 90.9 Å². The SMILES string of the molecule is COC(=O)CCCC1CCC2C3CC[C@@H]4CCCC[C@]4(C)C3CC(=O)C12C. The number of ketones is 1. The lowest BCUT2D eigenvalue weighted by atomic mass is 9.44. The van der Waals surface area contributed by atoms with Crippen molar-refractivity contribution in [1.29, 1.82) is 0 Å². The zero-order valence-corrected chi connectivity index (χ0v) is 17.6. The molecule has 0 aliphatic heterocycles. The second-order valence-electron chi connectivity index (χ2n) is 10.6. The summed E-state index contributed by atoms with van der Waals surface area (Å²) in [5, 5.41) is 0. The third kappa shape index (κ3) is 2.99. The Kier molecular flexibility index (Phi) is 5.18. The number of carbonyl (C=O) groups is 2. The van der Waals surface area contributed by atoms with Gasteiger partial charge in [-0.05, 0) is 86.4 Å². The molecule has 0 aromatic rings. The molecule has 3 heteroatoms. The molecule has 152 valence electrons. The number of fused-ring (bicyclic) bond motifs is 5. The summed E-state index contributed by atoms with van der Waals surface area (Å²) < 4.78 is 4.79. The topological polar surface area (TPSA) is 43.4 Å². The summed E-state index contributed by atoms with van der Waals surface area (Å²) in [6.45, 7) is 4.83. The van der Waals surface area contributed by atoms with E-state index in [4.69, 9.17) is 4.74 Å². The fraction of sp³-hybridized carbons (Fsp3) is 0.917. The molecule has 4 saturated carbocycles. The number of esters is 1. The monoisotopic (exact) mass is 374 g/mol. The number of carbonyl (C=O) groups excluding carboxylic acids is 2. The predicted octanol–water partition coefficient (Wildman–Crippen LogP) is 5.56. The first kappa shape index (κ1) is 19.5. The molecule has 4 aliphatic rings. The van der Waals surface area contributed by atoms with Gasteiger partial charge in [0.05, 0.1) is 7.11 Å². The molecule has 0 bridgehead atoms.